The van der Waals surface area contributed by atoms with Gasteiger partial charge in [0.2, 0.25) is 0 Å². The fourth-order valence-electron chi connectivity index (χ4n) is 13.6. The number of hydrogen-bond acceptors (Lipinski definition) is 0. The molecule has 0 amide bonds. The van der Waals surface area contributed by atoms with Crippen molar-refractivity contribution in [2.45, 2.75) is 333 Å². The van der Waals surface area contributed by atoms with Crippen LogP contribution in [0, 0.1) is 16.2 Å². The maximum atomic E-state index is 2.37. The van der Waals surface area contributed by atoms with Crippen LogP contribution in [0.15, 0.2) is 449 Å². The van der Waals surface area contributed by atoms with Crippen molar-refractivity contribution in [2.75, 3.05) is 0 Å². The molecule has 0 aromatic heterocycles. The molecular formula is C128H186. The fraction of sp³-hybridized carbons (Fsp3) is 0.406. The molecule has 0 spiro atoms. The number of hydrogen-bond donors (Lipinski definition) is 0. The molecule has 0 heterocycles. The second-order valence-electron chi connectivity index (χ2n) is 37.7. The van der Waals surface area contributed by atoms with E-state index in [0.717, 1.165) is 25.7 Å². The first-order valence-electron chi connectivity index (χ1n) is 47.3. The molecule has 128 heavy (non-hydrogen) atoms. The van der Waals surface area contributed by atoms with E-state index in [0.29, 0.717) is 16.2 Å². The Balaban J connectivity index is -0.00000154. The average molecular weight is 1720 g/mol. The molecule has 0 bridgehead atoms. The minimum Gasteiger partial charge on any atom is -0.0874 e. The van der Waals surface area contributed by atoms with Crippen molar-refractivity contribution >= 4 is 0 Å². The van der Waals surface area contributed by atoms with Gasteiger partial charge in [0, 0.05) is 0 Å². The summed E-state index contributed by atoms with van der Waals surface area (Å²) >= 11 is 0. The van der Waals surface area contributed by atoms with Crippen LogP contribution in [0.3, 0.4) is 0 Å². The van der Waals surface area contributed by atoms with Gasteiger partial charge in [-0.05, 0) is 317 Å². The molecule has 0 saturated carbocycles. The van der Waals surface area contributed by atoms with Gasteiger partial charge >= 0.3 is 0 Å². The van der Waals surface area contributed by atoms with E-state index >= 15 is 0 Å². The third-order valence-corrected chi connectivity index (χ3v) is 22.1. The molecule has 3 aliphatic carbocycles. The highest BCUT2D eigenvalue weighted by Gasteiger charge is 2.28. The lowest BCUT2D eigenvalue weighted by molar-refractivity contribution is 0.376. The van der Waals surface area contributed by atoms with Gasteiger partial charge in [-0.15, -0.1) is 0 Å². The van der Waals surface area contributed by atoms with E-state index in [1.54, 1.807) is 16.7 Å². The lowest BCUT2D eigenvalue weighted by atomic mass is 9.72. The lowest BCUT2D eigenvalue weighted by Crippen LogP contribution is -2.19. The molecule has 0 nitrogen and oxygen atoms in total. The van der Waals surface area contributed by atoms with Crippen molar-refractivity contribution in [3.63, 3.8) is 0 Å². The summed E-state index contributed by atoms with van der Waals surface area (Å²) in [6.07, 6.45) is 126. The van der Waals surface area contributed by atoms with Gasteiger partial charge in [0.05, 0.1) is 0 Å². The van der Waals surface area contributed by atoms with E-state index < -0.39 is 0 Å². The van der Waals surface area contributed by atoms with Crippen LogP contribution in [0.4, 0.5) is 0 Å². The summed E-state index contributed by atoms with van der Waals surface area (Å²) in [5.74, 6) is 0. The molecular weight excluding hydrogens is 1540 g/mol. The molecule has 0 unspecified atom stereocenters. The van der Waals surface area contributed by atoms with Crippen LogP contribution in [-0.2, 0) is 0 Å². The van der Waals surface area contributed by atoms with Crippen molar-refractivity contribution in [1.29, 1.82) is 0 Å². The summed E-state index contributed by atoms with van der Waals surface area (Å²) in [4.78, 5) is 0. The van der Waals surface area contributed by atoms with Crippen LogP contribution in [0.5, 0.6) is 0 Å². The summed E-state index contributed by atoms with van der Waals surface area (Å²) < 4.78 is 0. The van der Waals surface area contributed by atoms with Crippen LogP contribution >= 0.6 is 0 Å². The highest BCUT2D eigenvalue weighted by Crippen LogP contribution is 2.43. The number of rotatable bonds is 37. The Bertz CT molecular complexity index is 4540. The molecule has 0 radical (unpaired) electrons. The van der Waals surface area contributed by atoms with E-state index in [2.05, 4.69) is 539 Å². The molecule has 698 valence electrons. The predicted octanol–water partition coefficient (Wildman–Crippen LogP) is 41.7. The Morgan fingerprint density at radius 1 is 0.234 bits per heavy atom. The van der Waals surface area contributed by atoms with Gasteiger partial charge in [-0.1, -0.05) is 481 Å². The Hall–Kier alpha value is -9.88. The lowest BCUT2D eigenvalue weighted by Gasteiger charge is -2.33. The van der Waals surface area contributed by atoms with Crippen molar-refractivity contribution in [3.05, 3.63) is 449 Å². The molecule has 3 rings (SSSR count). The molecule has 0 aromatic rings. The van der Waals surface area contributed by atoms with E-state index in [1.807, 2.05) is 13.0 Å². The Kier molecular flexibility index (Phi) is 69.7. The second kappa shape index (κ2) is 73.0. The SMILES string of the molecule is C.C/C=C(C)/C=C/C(C)=C/C=C/C=C(C)/C=C/C=C(C)/C=C/C1=C(C)CCCC1(C)C.C/C=C(C)/C=C/C=C(C)/C=C/C1=C(C)CCCC1(C)C.C/C=C(C)/C=C\C=C(C)\C=C\C1=C(C)CCCC1(C)C.C/C=C/C(C)=C/C=C/C=C(C)/C=C/C=C(C)/C=C/C=C(\C)CCC=C(C)C.CC(C)=C/C=C/C(C)=C/C=C/C=C(C)/C=C/C=C(C)/C=C/C=C(\C)CCC=C(C)C. The van der Waals surface area contributed by atoms with Gasteiger partial charge in [0.1, 0.15) is 0 Å². The number of allylic oxidation sites excluding steroid dienone is 76. The normalized spacial score (nSPS) is 17.9. The monoisotopic (exact) mass is 1720 g/mol. The topological polar surface area (TPSA) is 0 Å². The van der Waals surface area contributed by atoms with Gasteiger partial charge in [-0.2, -0.15) is 0 Å². The summed E-state index contributed by atoms with van der Waals surface area (Å²) in [5, 5.41) is 0. The summed E-state index contributed by atoms with van der Waals surface area (Å²) in [6, 6.07) is 0. The largest absolute Gasteiger partial charge is 0.0874 e. The third kappa shape index (κ3) is 67.4. The molecule has 0 atom stereocenters. The summed E-state index contributed by atoms with van der Waals surface area (Å²) in [6.45, 7) is 76.2. The van der Waals surface area contributed by atoms with Crippen molar-refractivity contribution < 1.29 is 0 Å². The molecule has 0 saturated heterocycles. The first-order valence-corrected chi connectivity index (χ1v) is 47.3. The van der Waals surface area contributed by atoms with Crippen LogP contribution in [-0.4, -0.2) is 0 Å². The zero-order chi connectivity index (χ0) is 96.2. The Morgan fingerprint density at radius 2 is 0.438 bits per heavy atom. The van der Waals surface area contributed by atoms with E-state index in [9.17, 15) is 0 Å². The van der Waals surface area contributed by atoms with Crippen molar-refractivity contribution in [3.8, 4) is 0 Å². The van der Waals surface area contributed by atoms with Crippen molar-refractivity contribution in [2.24, 2.45) is 16.2 Å². The third-order valence-electron chi connectivity index (χ3n) is 22.1. The molecule has 0 fully saturated rings. The van der Waals surface area contributed by atoms with Crippen LogP contribution < -0.4 is 0 Å². The maximum Gasteiger partial charge on any atom is -0.0104 e. The van der Waals surface area contributed by atoms with Gasteiger partial charge in [-0.3, -0.25) is 0 Å². The zero-order valence-corrected chi connectivity index (χ0v) is 87.6. The predicted molar refractivity (Wildman–Crippen MR) is 594 cm³/mol. The van der Waals surface area contributed by atoms with Gasteiger partial charge < -0.3 is 0 Å². The minimum absolute atomic E-state index is 0. The minimum atomic E-state index is 0. The van der Waals surface area contributed by atoms with E-state index in [4.69, 9.17) is 0 Å². The summed E-state index contributed by atoms with van der Waals surface area (Å²) in [7, 11) is 0. The van der Waals surface area contributed by atoms with E-state index in [-0.39, 0.29) is 7.43 Å². The highest BCUT2D eigenvalue weighted by molar-refractivity contribution is 5.42. The standard InChI is InChI=1S/2C30H42.C27H38.2C20H30.CH4/c1-9-24(2)19-20-26(4)15-11-10-14-25(3)16-12-17-27(5)21-22-29-28(6)18-13-23-30(29,7)8;1-25(2)15-11-19-27(5)17-9-10-18-28(6)21-13-23-30(8)24-14-22-29(7)20-12-16-26(3)4;1-8-14-24(4)16-9-10-17-25(5)19-12-21-27(7)22-13-20-26(6)18-11-15-23(2)3;2*1-7-16(2)10-8-11-17(3)13-14-19-18(4)12-9-15-20(19,5)6;/h9-12,14-17,19-22H,13,18,23H2,1-8H3;9-11,13-19,21-24H,12,20H2,1-8H3;8-10,12-17,19-22H,11,18H2,1-7H3;2*7-8,10-11,13-14H,9,12,15H2,1-6H3;1H4/b11-10+,16-12+,20-19+,22-21+,24-9+,25-14+,26-15+,27-17+;10-9+,19-11+,21-13+,24-14+,27-17+,28-18+,29-22+,30-23+;10-9+,14-8+,19-12+,22-13+,24-16+,25-17+,26-20+,27-21+;10-8+,14-13+,16-7+,17-11+;10-8-,14-13+,16-7+,17-11+;. The smallest absolute Gasteiger partial charge is 0.0104 e. The van der Waals surface area contributed by atoms with Crippen LogP contribution in [0.25, 0.3) is 0 Å². The zero-order valence-electron chi connectivity index (χ0n) is 87.6. The quantitative estimate of drug-likeness (QED) is 0.0430. The first kappa shape index (κ1) is 122. The van der Waals surface area contributed by atoms with Gasteiger partial charge in [0.15, 0.2) is 0 Å². The van der Waals surface area contributed by atoms with Crippen LogP contribution in [0.2, 0.25) is 0 Å². The van der Waals surface area contributed by atoms with Gasteiger partial charge in [-0.25, -0.2) is 0 Å². The molecule has 0 aliphatic heterocycles. The van der Waals surface area contributed by atoms with Crippen molar-refractivity contribution in [1.82, 2.24) is 0 Å². The summed E-state index contributed by atoms with van der Waals surface area (Å²) in [5.41, 5.74) is 34.8. The molecule has 0 heteroatoms. The molecule has 0 N–H and O–H groups in total. The Morgan fingerprint density at radius 3 is 0.672 bits per heavy atom. The first-order chi connectivity index (χ1) is 59.9. The maximum absolute atomic E-state index is 2.37. The van der Waals surface area contributed by atoms with Crippen LogP contribution in [0.1, 0.15) is 333 Å². The molecule has 3 aliphatic rings. The highest BCUT2D eigenvalue weighted by atomic mass is 14.3. The van der Waals surface area contributed by atoms with Gasteiger partial charge in [0.25, 0.3) is 0 Å². The Labute approximate surface area is 793 Å². The van der Waals surface area contributed by atoms with E-state index in [1.165, 1.54) is 180 Å². The fourth-order valence-corrected chi connectivity index (χ4v) is 13.6. The second-order valence-corrected chi connectivity index (χ2v) is 37.7. The average Bonchev–Trinajstić information content (AvgIpc) is 0.832. The molecule has 0 aromatic carbocycles.